The summed E-state index contributed by atoms with van der Waals surface area (Å²) in [7, 11) is 1.52. The second kappa shape index (κ2) is 4.22. The molecule has 5 heteroatoms. The van der Waals surface area contributed by atoms with E-state index in [-0.39, 0.29) is 23.5 Å². The SMILES string of the molecule is COc1cc2c(cc1O)O[C@@H]1c3ccc(O)cc3OC[C@@H]21. The van der Waals surface area contributed by atoms with Crippen LogP contribution in [0.4, 0.5) is 0 Å². The molecular formula is C16H14O5. The zero-order chi connectivity index (χ0) is 14.6. The van der Waals surface area contributed by atoms with E-state index >= 15 is 0 Å². The topological polar surface area (TPSA) is 68.2 Å². The Balaban J connectivity index is 1.80. The van der Waals surface area contributed by atoms with Crippen molar-refractivity contribution in [1.82, 2.24) is 0 Å². The maximum atomic E-state index is 9.87. The first kappa shape index (κ1) is 12.2. The number of methoxy groups -OCH3 is 1. The van der Waals surface area contributed by atoms with E-state index in [2.05, 4.69) is 0 Å². The highest BCUT2D eigenvalue weighted by Crippen LogP contribution is 2.53. The number of benzene rings is 2. The lowest BCUT2D eigenvalue weighted by Gasteiger charge is -2.27. The predicted octanol–water partition coefficient (Wildman–Crippen LogP) is 2.72. The predicted molar refractivity (Wildman–Crippen MR) is 74.4 cm³/mol. The summed E-state index contributed by atoms with van der Waals surface area (Å²) in [6.45, 7) is 0.460. The minimum Gasteiger partial charge on any atom is -0.508 e. The molecule has 0 spiro atoms. The first-order valence-corrected chi connectivity index (χ1v) is 6.70. The molecule has 0 aliphatic carbocycles. The van der Waals surface area contributed by atoms with E-state index in [0.29, 0.717) is 23.9 Å². The Kier molecular flexibility index (Phi) is 2.45. The summed E-state index contributed by atoms with van der Waals surface area (Å²) in [5, 5.41) is 19.4. The third-order valence-corrected chi connectivity index (χ3v) is 4.05. The highest BCUT2D eigenvalue weighted by atomic mass is 16.5. The second-order valence-electron chi connectivity index (χ2n) is 5.24. The Labute approximate surface area is 121 Å². The summed E-state index contributed by atoms with van der Waals surface area (Å²) in [5.41, 5.74) is 1.87. The van der Waals surface area contributed by atoms with Crippen LogP contribution < -0.4 is 14.2 Å². The number of hydrogen-bond acceptors (Lipinski definition) is 5. The molecule has 2 aliphatic rings. The molecule has 2 aliphatic heterocycles. The van der Waals surface area contributed by atoms with Crippen LogP contribution in [0.15, 0.2) is 30.3 Å². The normalized spacial score (nSPS) is 21.6. The largest absolute Gasteiger partial charge is 0.508 e. The smallest absolute Gasteiger partial charge is 0.161 e. The minimum atomic E-state index is -0.171. The summed E-state index contributed by atoms with van der Waals surface area (Å²) < 4.78 is 16.9. The maximum Gasteiger partial charge on any atom is 0.161 e. The molecule has 2 aromatic rings. The lowest BCUT2D eigenvalue weighted by atomic mass is 9.89. The number of rotatable bonds is 1. The molecule has 0 saturated carbocycles. The van der Waals surface area contributed by atoms with Crippen LogP contribution in [0.1, 0.15) is 23.1 Å². The maximum absolute atomic E-state index is 9.87. The monoisotopic (exact) mass is 286 g/mol. The number of hydrogen-bond donors (Lipinski definition) is 2. The van der Waals surface area contributed by atoms with Gasteiger partial charge >= 0.3 is 0 Å². The standard InChI is InChI=1S/C16H14O5/c1-19-15-5-10-11-7-20-13-4-8(17)2-3-9(13)16(11)21-14(10)6-12(15)18/h2-6,11,16-18H,7H2,1H3/t11-,16+/m0/s1. The molecule has 0 amide bonds. The molecule has 21 heavy (non-hydrogen) atoms. The number of aromatic hydroxyl groups is 2. The quantitative estimate of drug-likeness (QED) is 0.843. The molecular weight excluding hydrogens is 272 g/mol. The molecule has 2 heterocycles. The third-order valence-electron chi connectivity index (χ3n) is 4.05. The van der Waals surface area contributed by atoms with Crippen LogP contribution in [0.5, 0.6) is 28.7 Å². The van der Waals surface area contributed by atoms with Crippen LogP contribution in [0, 0.1) is 0 Å². The molecule has 0 saturated heterocycles. The number of fused-ring (bicyclic) bond motifs is 5. The van der Waals surface area contributed by atoms with E-state index in [1.54, 1.807) is 24.3 Å². The van der Waals surface area contributed by atoms with Gasteiger partial charge < -0.3 is 24.4 Å². The van der Waals surface area contributed by atoms with Crippen molar-refractivity contribution in [2.75, 3.05) is 13.7 Å². The average molecular weight is 286 g/mol. The number of ether oxygens (including phenoxy) is 3. The average Bonchev–Trinajstić information content (AvgIpc) is 2.83. The molecule has 0 fully saturated rings. The van der Waals surface area contributed by atoms with E-state index in [0.717, 1.165) is 11.1 Å². The van der Waals surface area contributed by atoms with Gasteiger partial charge in [-0.3, -0.25) is 0 Å². The first-order valence-electron chi connectivity index (χ1n) is 6.70. The van der Waals surface area contributed by atoms with Gasteiger partial charge in [0.1, 0.15) is 23.4 Å². The van der Waals surface area contributed by atoms with Gasteiger partial charge in [-0.2, -0.15) is 0 Å². The van der Waals surface area contributed by atoms with Crippen molar-refractivity contribution in [3.05, 3.63) is 41.5 Å². The summed E-state index contributed by atoms with van der Waals surface area (Å²) >= 11 is 0. The lowest BCUT2D eigenvalue weighted by molar-refractivity contribution is 0.139. The molecule has 2 atom stereocenters. The van der Waals surface area contributed by atoms with Crippen molar-refractivity contribution in [2.24, 2.45) is 0 Å². The summed E-state index contributed by atoms with van der Waals surface area (Å²) in [6, 6.07) is 8.39. The van der Waals surface area contributed by atoms with Crippen molar-refractivity contribution in [3.8, 4) is 28.7 Å². The van der Waals surface area contributed by atoms with E-state index in [4.69, 9.17) is 14.2 Å². The van der Waals surface area contributed by atoms with Crippen LogP contribution >= 0.6 is 0 Å². The molecule has 0 aromatic heterocycles. The Hall–Kier alpha value is -2.56. The van der Waals surface area contributed by atoms with Crippen LogP contribution in [0.2, 0.25) is 0 Å². The minimum absolute atomic E-state index is 0.0477. The van der Waals surface area contributed by atoms with Gasteiger partial charge in [0.15, 0.2) is 11.5 Å². The molecule has 5 nitrogen and oxygen atoms in total. The highest BCUT2D eigenvalue weighted by molar-refractivity contribution is 5.56. The van der Waals surface area contributed by atoms with Crippen molar-refractivity contribution in [2.45, 2.75) is 12.0 Å². The molecule has 4 rings (SSSR count). The highest BCUT2D eigenvalue weighted by Gasteiger charge is 2.41. The zero-order valence-corrected chi connectivity index (χ0v) is 11.4. The Bertz CT molecular complexity index is 725. The molecule has 2 N–H and O–H groups in total. The molecule has 2 aromatic carbocycles. The Morgan fingerprint density at radius 1 is 1.10 bits per heavy atom. The van der Waals surface area contributed by atoms with Crippen molar-refractivity contribution in [3.63, 3.8) is 0 Å². The number of phenolic OH excluding ortho intramolecular Hbond substituents is 2. The first-order chi connectivity index (χ1) is 10.2. The fourth-order valence-electron chi connectivity index (χ4n) is 3.02. The van der Waals surface area contributed by atoms with Gasteiger partial charge in [0.25, 0.3) is 0 Å². The van der Waals surface area contributed by atoms with Crippen LogP contribution in [0.25, 0.3) is 0 Å². The summed E-state index contributed by atoms with van der Waals surface area (Å²) in [6.07, 6.45) is -0.171. The van der Waals surface area contributed by atoms with Gasteiger partial charge in [0.2, 0.25) is 0 Å². The zero-order valence-electron chi connectivity index (χ0n) is 11.4. The molecule has 108 valence electrons. The van der Waals surface area contributed by atoms with Crippen LogP contribution in [-0.4, -0.2) is 23.9 Å². The van der Waals surface area contributed by atoms with Crippen LogP contribution in [-0.2, 0) is 0 Å². The van der Waals surface area contributed by atoms with Gasteiger partial charge in [0, 0.05) is 23.3 Å². The van der Waals surface area contributed by atoms with E-state index in [1.165, 1.54) is 7.11 Å². The van der Waals surface area contributed by atoms with E-state index < -0.39 is 0 Å². The summed E-state index contributed by atoms with van der Waals surface area (Å²) in [4.78, 5) is 0. The Morgan fingerprint density at radius 3 is 2.76 bits per heavy atom. The van der Waals surface area contributed by atoms with E-state index in [1.807, 2.05) is 6.07 Å². The van der Waals surface area contributed by atoms with Crippen molar-refractivity contribution < 1.29 is 24.4 Å². The van der Waals surface area contributed by atoms with Crippen molar-refractivity contribution >= 4 is 0 Å². The lowest BCUT2D eigenvalue weighted by Crippen LogP contribution is -2.23. The van der Waals surface area contributed by atoms with Gasteiger partial charge in [-0.15, -0.1) is 0 Å². The van der Waals surface area contributed by atoms with Gasteiger partial charge in [-0.05, 0) is 18.2 Å². The summed E-state index contributed by atoms with van der Waals surface area (Å²) in [5.74, 6) is 1.98. The second-order valence-corrected chi connectivity index (χ2v) is 5.24. The molecule has 0 bridgehead atoms. The number of phenols is 2. The third kappa shape index (κ3) is 1.70. The molecule has 0 radical (unpaired) electrons. The fraction of sp³-hybridized carbons (Fsp3) is 0.250. The fourth-order valence-corrected chi connectivity index (χ4v) is 3.02. The van der Waals surface area contributed by atoms with Crippen molar-refractivity contribution in [1.29, 1.82) is 0 Å². The van der Waals surface area contributed by atoms with Gasteiger partial charge in [0.05, 0.1) is 19.6 Å². The van der Waals surface area contributed by atoms with Gasteiger partial charge in [-0.25, -0.2) is 0 Å². The van der Waals surface area contributed by atoms with Gasteiger partial charge in [-0.1, -0.05) is 0 Å². The van der Waals surface area contributed by atoms with Crippen LogP contribution in [0.3, 0.4) is 0 Å². The Morgan fingerprint density at radius 2 is 1.95 bits per heavy atom. The van der Waals surface area contributed by atoms with E-state index in [9.17, 15) is 10.2 Å². The molecule has 0 unspecified atom stereocenters.